The first-order chi connectivity index (χ1) is 14.4. The fourth-order valence-electron chi connectivity index (χ4n) is 3.22. The van der Waals surface area contributed by atoms with Gasteiger partial charge in [-0.3, -0.25) is 19.2 Å². The van der Waals surface area contributed by atoms with Crippen LogP contribution in [0.2, 0.25) is 0 Å². The molecule has 3 amide bonds. The third kappa shape index (κ3) is 7.47. The summed E-state index contributed by atoms with van der Waals surface area (Å²) in [6, 6.07) is -4.64. The van der Waals surface area contributed by atoms with E-state index in [9.17, 15) is 34.2 Å². The van der Waals surface area contributed by atoms with E-state index in [4.69, 9.17) is 10.8 Å². The lowest BCUT2D eigenvalue weighted by Gasteiger charge is -2.30. The Bertz CT molecular complexity index is 696. The van der Waals surface area contributed by atoms with Crippen molar-refractivity contribution in [2.75, 3.05) is 6.54 Å². The number of carbonyl (C=O) groups excluding carboxylic acids is 3. The molecule has 5 atom stereocenters. The topological polar surface area (TPSA) is 199 Å². The predicted molar refractivity (Wildman–Crippen MR) is 108 cm³/mol. The molecule has 1 fully saturated rings. The number of carbonyl (C=O) groups is 5. The van der Waals surface area contributed by atoms with E-state index in [1.807, 2.05) is 0 Å². The molecular formula is C19H32N4O8. The van der Waals surface area contributed by atoms with Crippen molar-refractivity contribution in [3.8, 4) is 0 Å². The van der Waals surface area contributed by atoms with Crippen LogP contribution >= 0.6 is 0 Å². The summed E-state index contributed by atoms with van der Waals surface area (Å²) in [5.74, 6) is -4.83. The number of aliphatic carboxylic acids is 2. The molecule has 5 unspecified atom stereocenters. The van der Waals surface area contributed by atoms with Crippen LogP contribution in [0, 0.1) is 5.92 Å². The molecule has 0 saturated carbocycles. The van der Waals surface area contributed by atoms with E-state index in [1.54, 1.807) is 13.8 Å². The maximum absolute atomic E-state index is 12.8. The van der Waals surface area contributed by atoms with Gasteiger partial charge in [-0.25, -0.2) is 4.79 Å². The molecule has 0 aliphatic carbocycles. The molecule has 1 aliphatic rings. The van der Waals surface area contributed by atoms with Gasteiger partial charge in [-0.15, -0.1) is 0 Å². The third-order valence-corrected chi connectivity index (χ3v) is 5.17. The highest BCUT2D eigenvalue weighted by atomic mass is 16.4. The molecule has 1 heterocycles. The number of rotatable bonds is 11. The van der Waals surface area contributed by atoms with Gasteiger partial charge in [-0.05, 0) is 32.1 Å². The predicted octanol–water partition coefficient (Wildman–Crippen LogP) is -1.74. The minimum absolute atomic E-state index is 0.133. The number of hydrogen-bond acceptors (Lipinski definition) is 7. The minimum Gasteiger partial charge on any atom is -0.481 e. The summed E-state index contributed by atoms with van der Waals surface area (Å²) in [6.07, 6.45) is -1.31. The second-order valence-corrected chi connectivity index (χ2v) is 8.02. The Labute approximate surface area is 180 Å². The van der Waals surface area contributed by atoms with Crippen molar-refractivity contribution in [2.24, 2.45) is 11.7 Å². The van der Waals surface area contributed by atoms with Gasteiger partial charge in [0.2, 0.25) is 17.7 Å². The fourth-order valence-corrected chi connectivity index (χ4v) is 3.22. The second-order valence-electron chi connectivity index (χ2n) is 8.02. The first-order valence-corrected chi connectivity index (χ1v) is 10.2. The molecule has 7 N–H and O–H groups in total. The summed E-state index contributed by atoms with van der Waals surface area (Å²) in [6.45, 7) is 5.14. The maximum Gasteiger partial charge on any atom is 0.326 e. The van der Waals surface area contributed by atoms with Crippen LogP contribution in [0.1, 0.15) is 46.5 Å². The lowest BCUT2D eigenvalue weighted by atomic mass is 10.0. The number of carboxylic acid groups (broad SMARTS) is 2. The van der Waals surface area contributed by atoms with Gasteiger partial charge in [0, 0.05) is 13.0 Å². The van der Waals surface area contributed by atoms with Crippen LogP contribution in [0.3, 0.4) is 0 Å². The van der Waals surface area contributed by atoms with E-state index in [2.05, 4.69) is 10.6 Å². The van der Waals surface area contributed by atoms with E-state index >= 15 is 0 Å². The molecular weight excluding hydrogens is 412 g/mol. The quantitative estimate of drug-likeness (QED) is 0.214. The van der Waals surface area contributed by atoms with Gasteiger partial charge in [0.15, 0.2) is 0 Å². The molecule has 0 aromatic rings. The molecule has 12 nitrogen and oxygen atoms in total. The largest absolute Gasteiger partial charge is 0.481 e. The molecule has 0 aromatic heterocycles. The number of likely N-dealkylation sites (tertiary alicyclic amines) is 1. The highest BCUT2D eigenvalue weighted by Crippen LogP contribution is 2.20. The first-order valence-electron chi connectivity index (χ1n) is 10.2. The molecule has 1 rings (SSSR count). The number of nitrogens with zero attached hydrogens (tertiary/aromatic N) is 1. The Morgan fingerprint density at radius 3 is 2.19 bits per heavy atom. The zero-order valence-corrected chi connectivity index (χ0v) is 17.9. The fraction of sp³-hybridized carbons (Fsp3) is 0.737. The van der Waals surface area contributed by atoms with Crippen molar-refractivity contribution in [3.05, 3.63) is 0 Å². The lowest BCUT2D eigenvalue weighted by Crippen LogP contribution is -2.59. The van der Waals surface area contributed by atoms with Gasteiger partial charge in [0.1, 0.15) is 18.1 Å². The zero-order chi connectivity index (χ0) is 23.9. The summed E-state index contributed by atoms with van der Waals surface area (Å²) in [5, 5.41) is 32.4. The Balaban J connectivity index is 2.88. The molecule has 0 spiro atoms. The number of aliphatic hydroxyl groups excluding tert-OH is 1. The highest BCUT2D eigenvalue weighted by Gasteiger charge is 2.39. The van der Waals surface area contributed by atoms with Crippen LogP contribution in [0.4, 0.5) is 0 Å². The maximum atomic E-state index is 12.8. The lowest BCUT2D eigenvalue weighted by molar-refractivity contribution is -0.145. The van der Waals surface area contributed by atoms with Gasteiger partial charge in [0.25, 0.3) is 0 Å². The second kappa shape index (κ2) is 11.6. The summed E-state index contributed by atoms with van der Waals surface area (Å²) in [7, 11) is 0. The molecule has 12 heteroatoms. The number of carboxylic acids is 2. The number of nitrogens with one attached hydrogen (secondary N) is 2. The third-order valence-electron chi connectivity index (χ3n) is 5.17. The van der Waals surface area contributed by atoms with Gasteiger partial charge in [0.05, 0.1) is 12.1 Å². The van der Waals surface area contributed by atoms with Crippen LogP contribution in [0.25, 0.3) is 0 Å². The van der Waals surface area contributed by atoms with Crippen molar-refractivity contribution in [2.45, 2.75) is 76.7 Å². The van der Waals surface area contributed by atoms with Crippen molar-refractivity contribution >= 4 is 29.7 Å². The number of nitrogens with two attached hydrogens (primary N) is 1. The van der Waals surface area contributed by atoms with Gasteiger partial charge < -0.3 is 36.6 Å². The number of hydrogen-bond donors (Lipinski definition) is 6. The molecule has 1 aliphatic heterocycles. The smallest absolute Gasteiger partial charge is 0.326 e. The molecule has 176 valence electrons. The molecule has 31 heavy (non-hydrogen) atoms. The van der Waals surface area contributed by atoms with Gasteiger partial charge >= 0.3 is 11.9 Å². The van der Waals surface area contributed by atoms with Crippen LogP contribution < -0.4 is 16.4 Å². The Kier molecular flexibility index (Phi) is 9.85. The Hall–Kier alpha value is -2.73. The minimum atomic E-state index is -1.50. The van der Waals surface area contributed by atoms with E-state index < -0.39 is 60.4 Å². The van der Waals surface area contributed by atoms with E-state index in [0.717, 1.165) is 0 Å². The monoisotopic (exact) mass is 444 g/mol. The van der Waals surface area contributed by atoms with Crippen molar-refractivity contribution < 1.29 is 39.3 Å². The normalized spacial score (nSPS) is 19.9. The Morgan fingerprint density at radius 1 is 1.10 bits per heavy atom. The Morgan fingerprint density at radius 2 is 1.71 bits per heavy atom. The molecule has 0 bridgehead atoms. The van der Waals surface area contributed by atoms with Crippen LogP contribution in [-0.2, 0) is 24.0 Å². The van der Waals surface area contributed by atoms with Crippen LogP contribution in [-0.4, -0.2) is 86.7 Å². The van der Waals surface area contributed by atoms with Crippen LogP contribution in [0.5, 0.6) is 0 Å². The highest BCUT2D eigenvalue weighted by molar-refractivity contribution is 5.94. The summed E-state index contributed by atoms with van der Waals surface area (Å²) in [5.41, 5.74) is 5.91. The number of aliphatic hydroxyl groups is 1. The van der Waals surface area contributed by atoms with Gasteiger partial charge in [-0.2, -0.15) is 0 Å². The standard InChI is InChI=1S/C19H32N4O8/c1-9(2)14(20)18(29)23-8-4-5-12(23)16(27)22-15(10(3)24)17(28)21-11(19(30)31)6-7-13(25)26/h9-12,14-15,24H,4-8,20H2,1-3H3,(H,21,28)(H,22,27)(H,25,26)(H,30,31). The summed E-state index contributed by atoms with van der Waals surface area (Å²) in [4.78, 5) is 61.2. The van der Waals surface area contributed by atoms with E-state index in [1.165, 1.54) is 11.8 Å². The summed E-state index contributed by atoms with van der Waals surface area (Å²) >= 11 is 0. The van der Waals surface area contributed by atoms with Gasteiger partial charge in [-0.1, -0.05) is 13.8 Å². The zero-order valence-electron chi connectivity index (χ0n) is 17.9. The van der Waals surface area contributed by atoms with Crippen LogP contribution in [0.15, 0.2) is 0 Å². The van der Waals surface area contributed by atoms with E-state index in [-0.39, 0.29) is 18.2 Å². The summed E-state index contributed by atoms with van der Waals surface area (Å²) < 4.78 is 0. The van der Waals surface area contributed by atoms with Crippen molar-refractivity contribution in [1.82, 2.24) is 15.5 Å². The first kappa shape index (κ1) is 26.3. The average molecular weight is 444 g/mol. The molecule has 0 aromatic carbocycles. The van der Waals surface area contributed by atoms with Crippen molar-refractivity contribution in [1.29, 1.82) is 0 Å². The van der Waals surface area contributed by atoms with E-state index in [0.29, 0.717) is 19.4 Å². The van der Waals surface area contributed by atoms with Crippen molar-refractivity contribution in [3.63, 3.8) is 0 Å². The molecule has 1 saturated heterocycles. The average Bonchev–Trinajstić information content (AvgIpc) is 3.16. The molecule has 0 radical (unpaired) electrons. The number of amides is 3. The SMILES string of the molecule is CC(C)C(N)C(=O)N1CCCC1C(=O)NC(C(=O)NC(CCC(=O)O)C(=O)O)C(C)O.